The number of carbonyl (C=O) groups is 2. The van der Waals surface area contributed by atoms with E-state index in [0.717, 1.165) is 29.9 Å². The highest BCUT2D eigenvalue weighted by molar-refractivity contribution is 7.99. The molecule has 0 fully saturated rings. The van der Waals surface area contributed by atoms with Gasteiger partial charge in [-0.25, -0.2) is 0 Å². The summed E-state index contributed by atoms with van der Waals surface area (Å²) in [6.07, 6.45) is 1.94. The summed E-state index contributed by atoms with van der Waals surface area (Å²) in [6.45, 7) is 6.98. The van der Waals surface area contributed by atoms with Gasteiger partial charge in [-0.05, 0) is 49.1 Å². The molecule has 0 aromatic heterocycles. The zero-order chi connectivity index (χ0) is 22.6. The lowest BCUT2D eigenvalue weighted by molar-refractivity contribution is -0.138. The van der Waals surface area contributed by atoms with Crippen molar-refractivity contribution in [1.29, 1.82) is 0 Å². The number of hydrogen-bond acceptors (Lipinski definition) is 4. The number of thioether (sulfide) groups is 1. The Hall–Kier alpha value is -2.47. The molecule has 0 radical (unpaired) electrons. The summed E-state index contributed by atoms with van der Waals surface area (Å²) in [5, 5.41) is 2.95. The predicted octanol–water partition coefficient (Wildman–Crippen LogP) is 4.57. The molecular weight excluding hydrogens is 408 g/mol. The average molecular weight is 443 g/mol. The third kappa shape index (κ3) is 7.94. The highest BCUT2D eigenvalue weighted by Gasteiger charge is 2.25. The Labute approximate surface area is 190 Å². The van der Waals surface area contributed by atoms with Crippen LogP contribution in [0, 0.1) is 6.92 Å². The molecule has 0 saturated carbocycles. The van der Waals surface area contributed by atoms with E-state index >= 15 is 0 Å². The number of hydrogen-bond donors (Lipinski definition) is 1. The highest BCUT2D eigenvalue weighted by Crippen LogP contribution is 2.19. The van der Waals surface area contributed by atoms with Crippen molar-refractivity contribution in [1.82, 2.24) is 10.2 Å². The zero-order valence-electron chi connectivity index (χ0n) is 19.0. The van der Waals surface area contributed by atoms with Crippen molar-refractivity contribution >= 4 is 23.6 Å². The molecule has 2 aromatic carbocycles. The molecule has 168 valence electrons. The maximum absolute atomic E-state index is 13.1. The van der Waals surface area contributed by atoms with Gasteiger partial charge in [-0.3, -0.25) is 9.59 Å². The van der Waals surface area contributed by atoms with E-state index in [0.29, 0.717) is 18.8 Å². The van der Waals surface area contributed by atoms with Crippen LogP contribution in [0.2, 0.25) is 0 Å². The lowest BCUT2D eigenvalue weighted by Gasteiger charge is -2.29. The summed E-state index contributed by atoms with van der Waals surface area (Å²) in [5.41, 5.74) is 3.42. The fourth-order valence-corrected chi connectivity index (χ4v) is 4.14. The topological polar surface area (TPSA) is 58.6 Å². The summed E-state index contributed by atoms with van der Waals surface area (Å²) in [4.78, 5) is 27.5. The van der Waals surface area contributed by atoms with E-state index in [2.05, 4.69) is 31.3 Å². The third-order valence-electron chi connectivity index (χ3n) is 5.25. The number of carbonyl (C=O) groups excluding carboxylic acids is 2. The van der Waals surface area contributed by atoms with Crippen molar-refractivity contribution in [2.75, 3.05) is 19.4 Å². The molecule has 2 amide bonds. The lowest BCUT2D eigenvalue weighted by Crippen LogP contribution is -2.48. The number of ether oxygens (including phenoxy) is 1. The first-order valence-corrected chi connectivity index (χ1v) is 11.9. The van der Waals surface area contributed by atoms with Crippen molar-refractivity contribution < 1.29 is 14.3 Å². The van der Waals surface area contributed by atoms with Crippen molar-refractivity contribution in [3.63, 3.8) is 0 Å². The summed E-state index contributed by atoms with van der Waals surface area (Å²) in [7, 11) is 1.62. The number of rotatable bonds is 12. The summed E-state index contributed by atoms with van der Waals surface area (Å²) >= 11 is 1.58. The van der Waals surface area contributed by atoms with Crippen molar-refractivity contribution in [3.05, 3.63) is 65.2 Å². The molecule has 2 rings (SSSR count). The standard InChI is InChI=1S/C25H34N2O3S/c1-5-6-15-26-25(29)20(3)27(16-21-11-13-23(30-4)14-12-21)24(28)18-31-17-22-10-8-7-9-19(22)2/h7-14,20H,5-6,15-18H2,1-4H3,(H,26,29)/t20-/m1/s1. The lowest BCUT2D eigenvalue weighted by atomic mass is 10.1. The number of benzene rings is 2. The van der Waals surface area contributed by atoms with Gasteiger partial charge in [0.25, 0.3) is 0 Å². The maximum atomic E-state index is 13.1. The number of unbranched alkanes of at least 4 members (excludes halogenated alkanes) is 1. The van der Waals surface area contributed by atoms with E-state index in [4.69, 9.17) is 4.74 Å². The predicted molar refractivity (Wildman–Crippen MR) is 128 cm³/mol. The van der Waals surface area contributed by atoms with E-state index < -0.39 is 6.04 Å². The van der Waals surface area contributed by atoms with Crippen LogP contribution < -0.4 is 10.1 Å². The molecule has 0 spiro atoms. The number of amides is 2. The van der Waals surface area contributed by atoms with Crippen LogP contribution in [0.5, 0.6) is 5.75 Å². The Morgan fingerprint density at radius 1 is 1.13 bits per heavy atom. The van der Waals surface area contributed by atoms with Gasteiger partial charge in [-0.15, -0.1) is 11.8 Å². The summed E-state index contributed by atoms with van der Waals surface area (Å²) < 4.78 is 5.22. The average Bonchev–Trinajstić information content (AvgIpc) is 2.78. The molecule has 0 aliphatic carbocycles. The Morgan fingerprint density at radius 2 is 1.84 bits per heavy atom. The van der Waals surface area contributed by atoms with Crippen LogP contribution in [0.1, 0.15) is 43.4 Å². The second kappa shape index (κ2) is 13.1. The second-order valence-corrected chi connectivity index (χ2v) is 8.60. The first-order valence-electron chi connectivity index (χ1n) is 10.8. The SMILES string of the molecule is CCCCNC(=O)[C@@H](C)N(Cc1ccc(OC)cc1)C(=O)CSCc1ccccc1C. The van der Waals surface area contributed by atoms with Gasteiger partial charge in [0, 0.05) is 18.8 Å². The van der Waals surface area contributed by atoms with E-state index in [9.17, 15) is 9.59 Å². The van der Waals surface area contributed by atoms with Crippen LogP contribution >= 0.6 is 11.8 Å². The Kier molecular flexibility index (Phi) is 10.4. The monoisotopic (exact) mass is 442 g/mol. The number of methoxy groups -OCH3 is 1. The van der Waals surface area contributed by atoms with Gasteiger partial charge in [-0.2, -0.15) is 0 Å². The van der Waals surface area contributed by atoms with E-state index in [1.54, 1.807) is 30.7 Å². The minimum atomic E-state index is -0.537. The molecule has 6 heteroatoms. The van der Waals surface area contributed by atoms with E-state index in [1.165, 1.54) is 11.1 Å². The number of aryl methyl sites for hydroxylation is 1. The number of nitrogens with zero attached hydrogens (tertiary/aromatic N) is 1. The molecular formula is C25H34N2O3S. The van der Waals surface area contributed by atoms with Crippen LogP contribution in [-0.4, -0.2) is 42.2 Å². The molecule has 2 aromatic rings. The molecule has 0 bridgehead atoms. The Morgan fingerprint density at radius 3 is 2.48 bits per heavy atom. The van der Waals surface area contributed by atoms with Gasteiger partial charge < -0.3 is 15.0 Å². The summed E-state index contributed by atoms with van der Waals surface area (Å²) in [6, 6.07) is 15.3. The molecule has 0 unspecified atom stereocenters. The molecule has 5 nitrogen and oxygen atoms in total. The first kappa shape index (κ1) is 24.8. The largest absolute Gasteiger partial charge is 0.497 e. The third-order valence-corrected chi connectivity index (χ3v) is 6.22. The zero-order valence-corrected chi connectivity index (χ0v) is 19.8. The molecule has 1 atom stereocenters. The fraction of sp³-hybridized carbons (Fsp3) is 0.440. The van der Waals surface area contributed by atoms with Gasteiger partial charge in [0.2, 0.25) is 11.8 Å². The second-order valence-electron chi connectivity index (χ2n) is 7.61. The van der Waals surface area contributed by atoms with Gasteiger partial charge in [0.05, 0.1) is 12.9 Å². The smallest absolute Gasteiger partial charge is 0.242 e. The quantitative estimate of drug-likeness (QED) is 0.489. The van der Waals surface area contributed by atoms with Crippen LogP contribution in [0.25, 0.3) is 0 Å². The molecule has 1 N–H and O–H groups in total. The molecule has 0 aliphatic rings. The molecule has 0 heterocycles. The van der Waals surface area contributed by atoms with Crippen molar-refractivity contribution in [2.45, 2.75) is 52.0 Å². The fourth-order valence-electron chi connectivity index (χ4n) is 3.15. The molecule has 31 heavy (non-hydrogen) atoms. The maximum Gasteiger partial charge on any atom is 0.242 e. The number of nitrogens with one attached hydrogen (secondary N) is 1. The van der Waals surface area contributed by atoms with Crippen LogP contribution in [0.4, 0.5) is 0 Å². The highest BCUT2D eigenvalue weighted by atomic mass is 32.2. The minimum absolute atomic E-state index is 0.0347. The van der Waals surface area contributed by atoms with E-state index in [-0.39, 0.29) is 11.8 Å². The van der Waals surface area contributed by atoms with Gasteiger partial charge in [0.15, 0.2) is 0 Å². The van der Waals surface area contributed by atoms with Crippen molar-refractivity contribution in [2.24, 2.45) is 0 Å². The van der Waals surface area contributed by atoms with Gasteiger partial charge >= 0.3 is 0 Å². The summed E-state index contributed by atoms with van der Waals surface area (Å²) in [5.74, 6) is 1.72. The van der Waals surface area contributed by atoms with Crippen LogP contribution in [0.3, 0.4) is 0 Å². The van der Waals surface area contributed by atoms with Gasteiger partial charge in [-0.1, -0.05) is 49.7 Å². The Balaban J connectivity index is 2.06. The minimum Gasteiger partial charge on any atom is -0.497 e. The molecule has 0 aliphatic heterocycles. The molecule has 0 saturated heterocycles. The van der Waals surface area contributed by atoms with Crippen molar-refractivity contribution in [3.8, 4) is 5.75 Å². The van der Waals surface area contributed by atoms with E-state index in [1.807, 2.05) is 36.4 Å². The van der Waals surface area contributed by atoms with Gasteiger partial charge in [0.1, 0.15) is 11.8 Å². The van der Waals surface area contributed by atoms with Crippen LogP contribution in [-0.2, 0) is 21.9 Å². The Bertz CT molecular complexity index is 839. The first-order chi connectivity index (χ1) is 15.0. The van der Waals surface area contributed by atoms with Crippen LogP contribution in [0.15, 0.2) is 48.5 Å². The normalized spacial score (nSPS) is 11.6.